The maximum Gasteiger partial charge on any atom is 0.256 e. The van der Waals surface area contributed by atoms with Crippen LogP contribution in [0, 0.1) is 17.8 Å². The zero-order valence-electron chi connectivity index (χ0n) is 24.1. The molecule has 3 aliphatic carbocycles. The second-order valence-corrected chi connectivity index (χ2v) is 13.7. The summed E-state index contributed by atoms with van der Waals surface area (Å²) in [5.74, 6) is 1.18. The summed E-state index contributed by atoms with van der Waals surface area (Å²) in [4.78, 5) is 34.8. The summed E-state index contributed by atoms with van der Waals surface area (Å²) < 4.78 is 12.5. The van der Waals surface area contributed by atoms with E-state index in [1.807, 2.05) is 6.20 Å². The number of Topliss-reactive ketones (excluding diaryl/α,β-unsaturated/α-hetero) is 1. The van der Waals surface area contributed by atoms with E-state index in [1.54, 1.807) is 0 Å². The average molecular weight is 556 g/mol. The van der Waals surface area contributed by atoms with Crippen LogP contribution >= 0.6 is 0 Å². The van der Waals surface area contributed by atoms with Gasteiger partial charge >= 0.3 is 0 Å². The van der Waals surface area contributed by atoms with E-state index >= 15 is 0 Å². The highest BCUT2D eigenvalue weighted by Crippen LogP contribution is 2.50. The molecule has 0 aromatic heterocycles. The minimum atomic E-state index is -0.191. The van der Waals surface area contributed by atoms with Gasteiger partial charge in [-0.1, -0.05) is 25.7 Å². The standard InChI is InChI=1S/C31H49N5O4/c32-22-8-11-35(18-22)25-7-6-23-28-30(25)40-27-17-21-5-2-1-4-20(21)16-26(27)36(28)19-24(29(23)37)31(38)33-9-3-10-34-12-14-39-15-13-34/h19-23,25-28,30H,1-18,32H2,(H,33,38). The van der Waals surface area contributed by atoms with Gasteiger partial charge in [0.2, 0.25) is 0 Å². The van der Waals surface area contributed by atoms with Crippen LogP contribution in [0.15, 0.2) is 11.8 Å². The minimum absolute atomic E-state index is 0.00349. The molecule has 9 unspecified atom stereocenters. The monoisotopic (exact) mass is 555 g/mol. The van der Waals surface area contributed by atoms with Crippen molar-refractivity contribution in [2.45, 2.75) is 101 Å². The molecule has 40 heavy (non-hydrogen) atoms. The van der Waals surface area contributed by atoms with Gasteiger partial charge in [-0.3, -0.25) is 19.4 Å². The number of hydrogen-bond acceptors (Lipinski definition) is 8. The molecule has 4 heterocycles. The van der Waals surface area contributed by atoms with Crippen molar-refractivity contribution in [3.8, 4) is 0 Å². The third-order valence-corrected chi connectivity index (χ3v) is 11.4. The number of ketones is 1. The third-order valence-electron chi connectivity index (χ3n) is 11.4. The van der Waals surface area contributed by atoms with Crippen LogP contribution < -0.4 is 11.1 Å². The Labute approximate surface area is 239 Å². The average Bonchev–Trinajstić information content (AvgIpc) is 3.41. The van der Waals surface area contributed by atoms with Crippen LogP contribution in [-0.4, -0.2) is 115 Å². The molecule has 0 bridgehead atoms. The lowest BCUT2D eigenvalue weighted by molar-refractivity contribution is -0.210. The molecule has 9 heteroatoms. The number of nitrogens with one attached hydrogen (secondary N) is 1. The second-order valence-electron chi connectivity index (χ2n) is 13.7. The van der Waals surface area contributed by atoms with Crippen LogP contribution in [0.4, 0.5) is 0 Å². The molecule has 3 saturated carbocycles. The Balaban J connectivity index is 1.11. The van der Waals surface area contributed by atoms with Crippen LogP contribution in [-0.2, 0) is 19.1 Å². The molecule has 1 amide bonds. The van der Waals surface area contributed by atoms with Crippen molar-refractivity contribution in [3.05, 3.63) is 11.8 Å². The molecule has 3 N–H and O–H groups in total. The van der Waals surface area contributed by atoms with Crippen molar-refractivity contribution < 1.29 is 19.1 Å². The second kappa shape index (κ2) is 11.6. The minimum Gasteiger partial charge on any atom is -0.379 e. The van der Waals surface area contributed by atoms with E-state index in [9.17, 15) is 9.59 Å². The fourth-order valence-electron chi connectivity index (χ4n) is 9.38. The SMILES string of the molecule is NC1CCN(C2CCC3C(=O)C(C(=O)NCCCN4CCOCC4)=CN4C5CC6CCCCC6CC5OC2C34)C1. The van der Waals surface area contributed by atoms with E-state index in [0.717, 1.165) is 96.3 Å². The number of likely N-dealkylation sites (tertiary alicyclic amines) is 1. The number of nitrogens with zero attached hydrogens (tertiary/aromatic N) is 3. The third kappa shape index (κ3) is 5.14. The van der Waals surface area contributed by atoms with Gasteiger partial charge in [0, 0.05) is 56.9 Å². The van der Waals surface area contributed by atoms with E-state index in [2.05, 4.69) is 20.0 Å². The number of rotatable bonds is 6. The maximum absolute atomic E-state index is 13.9. The molecule has 9 atom stereocenters. The van der Waals surface area contributed by atoms with Crippen LogP contribution in [0.5, 0.6) is 0 Å². The van der Waals surface area contributed by atoms with E-state index in [0.29, 0.717) is 18.2 Å². The van der Waals surface area contributed by atoms with Gasteiger partial charge < -0.3 is 25.4 Å². The number of fused-ring (bicyclic) bond motifs is 3. The number of hydrogen-bond donors (Lipinski definition) is 2. The largest absolute Gasteiger partial charge is 0.379 e. The van der Waals surface area contributed by atoms with Crippen molar-refractivity contribution in [2.75, 3.05) is 52.5 Å². The molecule has 7 rings (SSSR count). The lowest BCUT2D eigenvalue weighted by atomic mass is 9.65. The summed E-state index contributed by atoms with van der Waals surface area (Å²) >= 11 is 0. The van der Waals surface area contributed by atoms with E-state index in [4.69, 9.17) is 15.2 Å². The molecule has 9 nitrogen and oxygen atoms in total. The van der Waals surface area contributed by atoms with Crippen LogP contribution in [0.3, 0.4) is 0 Å². The fraction of sp³-hybridized carbons (Fsp3) is 0.871. The maximum atomic E-state index is 13.9. The van der Waals surface area contributed by atoms with Gasteiger partial charge in [0.05, 0.1) is 43.1 Å². The molecule has 222 valence electrons. The summed E-state index contributed by atoms with van der Waals surface area (Å²) in [7, 11) is 0. The highest BCUT2D eigenvalue weighted by Gasteiger charge is 2.58. The van der Waals surface area contributed by atoms with Gasteiger partial charge in [0.15, 0.2) is 5.78 Å². The molecular weight excluding hydrogens is 506 g/mol. The van der Waals surface area contributed by atoms with Gasteiger partial charge in [-0.2, -0.15) is 0 Å². The smallest absolute Gasteiger partial charge is 0.256 e. The first-order chi connectivity index (χ1) is 19.6. The van der Waals surface area contributed by atoms with E-state index < -0.39 is 0 Å². The topological polar surface area (TPSA) is 100 Å². The summed E-state index contributed by atoms with van der Waals surface area (Å²) in [6.07, 6.45) is 13.4. The van der Waals surface area contributed by atoms with Gasteiger partial charge in [-0.15, -0.1) is 0 Å². The molecule has 0 radical (unpaired) electrons. The normalized spacial score (nSPS) is 42.0. The van der Waals surface area contributed by atoms with E-state index in [1.165, 1.54) is 25.7 Å². The van der Waals surface area contributed by atoms with Crippen LogP contribution in [0.2, 0.25) is 0 Å². The summed E-state index contributed by atoms with van der Waals surface area (Å²) in [6.45, 7) is 6.94. The zero-order valence-corrected chi connectivity index (χ0v) is 24.1. The Bertz CT molecular complexity index is 985. The molecule has 0 spiro atoms. The predicted molar refractivity (Wildman–Crippen MR) is 151 cm³/mol. The Kier molecular flexibility index (Phi) is 7.95. The summed E-state index contributed by atoms with van der Waals surface area (Å²) in [5, 5.41) is 3.10. The molecule has 0 aromatic rings. The zero-order chi connectivity index (χ0) is 27.2. The molecule has 0 aromatic carbocycles. The number of nitrogens with two attached hydrogens (primary N) is 1. The number of morpholine rings is 2. The van der Waals surface area contributed by atoms with Crippen molar-refractivity contribution in [1.82, 2.24) is 20.0 Å². The first-order valence-corrected chi connectivity index (χ1v) is 16.3. The van der Waals surface area contributed by atoms with E-state index in [-0.39, 0.29) is 47.9 Å². The summed E-state index contributed by atoms with van der Waals surface area (Å²) in [5.41, 5.74) is 6.70. The van der Waals surface area contributed by atoms with Gasteiger partial charge in [0.25, 0.3) is 5.91 Å². The number of ether oxygens (including phenoxy) is 2. The van der Waals surface area contributed by atoms with Crippen LogP contribution in [0.1, 0.15) is 64.2 Å². The quantitative estimate of drug-likeness (QED) is 0.376. The predicted octanol–water partition coefficient (Wildman–Crippen LogP) is 1.51. The van der Waals surface area contributed by atoms with Crippen molar-refractivity contribution in [1.29, 1.82) is 0 Å². The van der Waals surface area contributed by atoms with Gasteiger partial charge in [0.1, 0.15) is 0 Å². The Morgan fingerprint density at radius 2 is 1.80 bits per heavy atom. The number of amides is 1. The molecular formula is C31H49N5O4. The summed E-state index contributed by atoms with van der Waals surface area (Å²) in [6, 6.07) is 0.829. The van der Waals surface area contributed by atoms with Crippen molar-refractivity contribution in [3.63, 3.8) is 0 Å². The number of carbonyl (C=O) groups excluding carboxylic acids is 2. The van der Waals surface area contributed by atoms with Crippen molar-refractivity contribution in [2.24, 2.45) is 23.5 Å². The van der Waals surface area contributed by atoms with Gasteiger partial charge in [-0.25, -0.2) is 0 Å². The van der Waals surface area contributed by atoms with Crippen LogP contribution in [0.25, 0.3) is 0 Å². The lowest BCUT2D eigenvalue weighted by Gasteiger charge is -2.61. The van der Waals surface area contributed by atoms with Crippen molar-refractivity contribution >= 4 is 11.7 Å². The Morgan fingerprint density at radius 1 is 1.00 bits per heavy atom. The highest BCUT2D eigenvalue weighted by atomic mass is 16.5. The molecule has 6 fully saturated rings. The molecule has 4 aliphatic heterocycles. The first-order valence-electron chi connectivity index (χ1n) is 16.3. The first kappa shape index (κ1) is 27.3. The lowest BCUT2D eigenvalue weighted by Crippen LogP contribution is -2.71. The number of carbonyl (C=O) groups is 2. The Hall–Kier alpha value is -1.52. The molecule has 3 saturated heterocycles. The fourth-order valence-corrected chi connectivity index (χ4v) is 9.38. The highest BCUT2D eigenvalue weighted by molar-refractivity contribution is 6.20. The van der Waals surface area contributed by atoms with Gasteiger partial charge in [-0.05, 0) is 56.9 Å². The molecule has 7 aliphatic rings. The Morgan fingerprint density at radius 3 is 2.58 bits per heavy atom.